The van der Waals surface area contributed by atoms with Gasteiger partial charge in [-0.3, -0.25) is 4.79 Å². The maximum atomic E-state index is 12.0. The maximum absolute atomic E-state index is 12.0. The van der Waals surface area contributed by atoms with Gasteiger partial charge in [-0.15, -0.1) is 0 Å². The minimum absolute atomic E-state index is 0.0428. The van der Waals surface area contributed by atoms with Gasteiger partial charge in [-0.2, -0.15) is 13.2 Å². The summed E-state index contributed by atoms with van der Waals surface area (Å²) in [6.07, 6.45) is -2.99. The summed E-state index contributed by atoms with van der Waals surface area (Å²) in [5.74, 6) is 0.542. The van der Waals surface area contributed by atoms with E-state index < -0.39 is 18.5 Å². The van der Waals surface area contributed by atoms with Crippen molar-refractivity contribution < 1.29 is 18.0 Å². The molecule has 25 heavy (non-hydrogen) atoms. The first-order valence-corrected chi connectivity index (χ1v) is 7.41. The van der Waals surface area contributed by atoms with Crippen molar-refractivity contribution in [2.75, 3.05) is 23.7 Å². The van der Waals surface area contributed by atoms with Gasteiger partial charge in [0.05, 0.1) is 0 Å². The summed E-state index contributed by atoms with van der Waals surface area (Å²) in [5.41, 5.74) is 1.04. The molecular formula is C15H17F3N6O. The molecule has 0 spiro atoms. The minimum Gasteiger partial charge on any atom is -0.368 e. The first kappa shape index (κ1) is 18.4. The average molecular weight is 354 g/mol. The number of pyridine rings is 1. The molecule has 7 nitrogen and oxygen atoms in total. The van der Waals surface area contributed by atoms with E-state index in [4.69, 9.17) is 0 Å². The van der Waals surface area contributed by atoms with Crippen molar-refractivity contribution in [3.8, 4) is 0 Å². The Kier molecular flexibility index (Phi) is 6.09. The van der Waals surface area contributed by atoms with E-state index >= 15 is 0 Å². The van der Waals surface area contributed by atoms with Crippen LogP contribution in [0.15, 0.2) is 30.7 Å². The smallest absolute Gasteiger partial charge is 0.368 e. The molecule has 134 valence electrons. The topological polar surface area (TPSA) is 91.8 Å². The zero-order valence-corrected chi connectivity index (χ0v) is 13.4. The Labute approximate surface area is 142 Å². The van der Waals surface area contributed by atoms with Gasteiger partial charge >= 0.3 is 6.18 Å². The third kappa shape index (κ3) is 7.02. The molecule has 3 N–H and O–H groups in total. The fourth-order valence-corrected chi connectivity index (χ4v) is 1.90. The van der Waals surface area contributed by atoms with Gasteiger partial charge in [0.15, 0.2) is 0 Å². The molecule has 0 bridgehead atoms. The molecule has 0 aliphatic carbocycles. The van der Waals surface area contributed by atoms with Gasteiger partial charge in [-0.05, 0) is 24.6 Å². The van der Waals surface area contributed by atoms with Crippen LogP contribution in [0.5, 0.6) is 0 Å². The zero-order chi connectivity index (χ0) is 18.3. The summed E-state index contributed by atoms with van der Waals surface area (Å²) in [6.45, 7) is 2.21. The van der Waals surface area contributed by atoms with Gasteiger partial charge in [0.25, 0.3) is 0 Å². The molecular weight excluding hydrogens is 337 g/mol. The van der Waals surface area contributed by atoms with Crippen molar-refractivity contribution in [2.24, 2.45) is 0 Å². The number of hydrogen-bond donors (Lipinski definition) is 3. The van der Waals surface area contributed by atoms with E-state index in [1.165, 1.54) is 6.33 Å². The molecule has 0 unspecified atom stereocenters. The Balaban J connectivity index is 1.80. The second-order valence-electron chi connectivity index (χ2n) is 5.20. The maximum Gasteiger partial charge on any atom is 0.397 e. The molecule has 0 saturated heterocycles. The molecule has 2 heterocycles. The lowest BCUT2D eigenvalue weighted by atomic mass is 10.3. The van der Waals surface area contributed by atoms with Gasteiger partial charge < -0.3 is 16.0 Å². The number of carbonyl (C=O) groups is 1. The molecule has 0 aliphatic rings. The average Bonchev–Trinajstić information content (AvgIpc) is 2.50. The van der Waals surface area contributed by atoms with E-state index in [1.54, 1.807) is 12.3 Å². The number of halogens is 3. The number of nitrogens with one attached hydrogen (secondary N) is 3. The van der Waals surface area contributed by atoms with E-state index in [0.717, 1.165) is 5.56 Å². The first-order chi connectivity index (χ1) is 11.8. The molecule has 0 saturated carbocycles. The highest BCUT2D eigenvalue weighted by atomic mass is 19.4. The van der Waals surface area contributed by atoms with E-state index in [0.29, 0.717) is 17.5 Å². The summed E-state index contributed by atoms with van der Waals surface area (Å²) < 4.78 is 36.1. The Hall–Kier alpha value is -2.91. The molecule has 0 atom stereocenters. The van der Waals surface area contributed by atoms with Gasteiger partial charge in [0.2, 0.25) is 5.91 Å². The van der Waals surface area contributed by atoms with Crippen LogP contribution >= 0.6 is 0 Å². The largest absolute Gasteiger partial charge is 0.397 e. The fourth-order valence-electron chi connectivity index (χ4n) is 1.90. The number of rotatable bonds is 7. The Morgan fingerprint density at radius 1 is 1.08 bits per heavy atom. The summed E-state index contributed by atoms with van der Waals surface area (Å²) in [5, 5.41) is 8.10. The quantitative estimate of drug-likeness (QED) is 0.662. The third-order valence-electron chi connectivity index (χ3n) is 2.95. The Morgan fingerprint density at radius 3 is 2.52 bits per heavy atom. The van der Waals surface area contributed by atoms with Crippen LogP contribution in [0.2, 0.25) is 0 Å². The van der Waals surface area contributed by atoms with Crippen LogP contribution in [0.3, 0.4) is 0 Å². The van der Waals surface area contributed by atoms with Crippen molar-refractivity contribution in [3.63, 3.8) is 0 Å². The lowest BCUT2D eigenvalue weighted by Crippen LogP contribution is -2.32. The highest BCUT2D eigenvalue weighted by molar-refractivity contribution is 5.76. The molecule has 2 aromatic rings. The van der Waals surface area contributed by atoms with Crippen molar-refractivity contribution in [1.29, 1.82) is 0 Å². The number of nitrogens with zero attached hydrogens (tertiary/aromatic N) is 3. The number of aryl methyl sites for hydroxylation is 1. The predicted molar refractivity (Wildman–Crippen MR) is 86.5 cm³/mol. The van der Waals surface area contributed by atoms with E-state index in [1.807, 2.05) is 19.1 Å². The number of aromatic nitrogens is 3. The third-order valence-corrected chi connectivity index (χ3v) is 2.95. The summed E-state index contributed by atoms with van der Waals surface area (Å²) in [6, 6.07) is 5.35. The predicted octanol–water partition coefficient (Wildman–Crippen LogP) is 2.40. The summed E-state index contributed by atoms with van der Waals surface area (Å²) in [4.78, 5) is 23.3. The molecule has 0 radical (unpaired) electrons. The minimum atomic E-state index is -4.51. The van der Waals surface area contributed by atoms with Crippen LogP contribution in [-0.4, -0.2) is 40.1 Å². The molecule has 0 fully saturated rings. The molecule has 0 aliphatic heterocycles. The van der Waals surface area contributed by atoms with Gasteiger partial charge in [-0.1, -0.05) is 0 Å². The molecule has 1 amide bonds. The lowest BCUT2D eigenvalue weighted by molar-refractivity contribution is -0.153. The van der Waals surface area contributed by atoms with Crippen LogP contribution < -0.4 is 16.0 Å². The highest BCUT2D eigenvalue weighted by Gasteiger charge is 2.30. The van der Waals surface area contributed by atoms with Crippen LogP contribution in [-0.2, 0) is 4.79 Å². The van der Waals surface area contributed by atoms with Crippen LogP contribution in [0.4, 0.5) is 30.6 Å². The lowest BCUT2D eigenvalue weighted by Gasteiger charge is -2.10. The van der Waals surface area contributed by atoms with E-state index in [9.17, 15) is 18.0 Å². The Bertz CT molecular complexity index is 722. The van der Waals surface area contributed by atoms with Crippen LogP contribution in [0, 0.1) is 6.92 Å². The Morgan fingerprint density at radius 2 is 1.80 bits per heavy atom. The highest BCUT2D eigenvalue weighted by Crippen LogP contribution is 2.18. The second-order valence-corrected chi connectivity index (χ2v) is 5.20. The number of hydrogen-bond acceptors (Lipinski definition) is 6. The van der Waals surface area contributed by atoms with Crippen molar-refractivity contribution >= 4 is 23.4 Å². The zero-order valence-electron chi connectivity index (χ0n) is 13.4. The monoisotopic (exact) mass is 354 g/mol. The number of carbonyl (C=O) groups excluding carboxylic acids is 1. The van der Waals surface area contributed by atoms with E-state index in [2.05, 4.69) is 30.9 Å². The molecule has 0 aromatic carbocycles. The fraction of sp³-hybridized carbons (Fsp3) is 0.333. The number of anilines is 3. The normalized spacial score (nSPS) is 11.0. The van der Waals surface area contributed by atoms with Gasteiger partial charge in [0.1, 0.15) is 30.2 Å². The first-order valence-electron chi connectivity index (χ1n) is 7.41. The SMILES string of the molecule is Cc1ccnc(Nc2cc(NCCNC(=O)CC(F)(F)F)ncn2)c1. The number of amides is 1. The van der Waals surface area contributed by atoms with Crippen molar-refractivity contribution in [1.82, 2.24) is 20.3 Å². The molecule has 2 rings (SSSR count). The van der Waals surface area contributed by atoms with Crippen molar-refractivity contribution in [3.05, 3.63) is 36.3 Å². The number of alkyl halides is 3. The summed E-state index contributed by atoms with van der Waals surface area (Å²) >= 11 is 0. The summed E-state index contributed by atoms with van der Waals surface area (Å²) in [7, 11) is 0. The standard InChI is InChI=1S/C15H17F3N6O/c1-10-2-3-19-12(6-10)24-13-7-11(22-9-23-13)20-4-5-21-14(25)8-15(16,17)18/h2-3,6-7,9H,4-5,8H2,1H3,(H,21,25)(H2,19,20,22,23,24). The van der Waals surface area contributed by atoms with Crippen LogP contribution in [0.25, 0.3) is 0 Å². The van der Waals surface area contributed by atoms with Gasteiger partial charge in [-0.25, -0.2) is 15.0 Å². The second kappa shape index (κ2) is 8.27. The van der Waals surface area contributed by atoms with Gasteiger partial charge in [0, 0.05) is 25.4 Å². The molecule has 2 aromatic heterocycles. The molecule has 10 heteroatoms. The van der Waals surface area contributed by atoms with E-state index in [-0.39, 0.29) is 13.1 Å². The van der Waals surface area contributed by atoms with Crippen LogP contribution in [0.1, 0.15) is 12.0 Å². The van der Waals surface area contributed by atoms with Crippen molar-refractivity contribution in [2.45, 2.75) is 19.5 Å².